The summed E-state index contributed by atoms with van der Waals surface area (Å²) in [5.41, 5.74) is 3.13. The van der Waals surface area contributed by atoms with E-state index in [1.54, 1.807) is 0 Å². The molecule has 0 radical (unpaired) electrons. The summed E-state index contributed by atoms with van der Waals surface area (Å²) in [5.74, 6) is 1.52. The van der Waals surface area contributed by atoms with Crippen molar-refractivity contribution in [3.8, 4) is 17.6 Å². The number of carbonyl (C=O) groups excluding carboxylic acids is 1. The number of benzene rings is 2. The van der Waals surface area contributed by atoms with Crippen LogP contribution in [0.5, 0.6) is 11.5 Å². The van der Waals surface area contributed by atoms with Gasteiger partial charge >= 0.3 is 0 Å². The van der Waals surface area contributed by atoms with Crippen LogP contribution in [0.1, 0.15) is 51.1 Å². The third-order valence-electron chi connectivity index (χ3n) is 7.61. The Morgan fingerprint density at radius 2 is 2.00 bits per heavy atom. The van der Waals surface area contributed by atoms with Crippen molar-refractivity contribution in [2.24, 2.45) is 11.8 Å². The molecular weight excluding hydrogens is 540 g/mol. The SMILES string of the molecule is CCOc1cc2c(cc1NC(=O)CCCN(C)C)C(Nc1ccc(OCC3CCC(C)CN3)c(Cl)c1)C(C#N)CN2. The Morgan fingerprint density at radius 1 is 1.17 bits per heavy atom. The van der Waals surface area contributed by atoms with Gasteiger partial charge in [-0.2, -0.15) is 5.26 Å². The number of amides is 1. The van der Waals surface area contributed by atoms with Crippen molar-refractivity contribution in [1.82, 2.24) is 10.2 Å². The van der Waals surface area contributed by atoms with Gasteiger partial charge in [-0.15, -0.1) is 0 Å². The predicted molar refractivity (Wildman–Crippen MR) is 165 cm³/mol. The second-order valence-electron chi connectivity index (χ2n) is 11.3. The van der Waals surface area contributed by atoms with Crippen LogP contribution in [0.2, 0.25) is 5.02 Å². The molecule has 2 aromatic rings. The molecule has 0 aliphatic carbocycles. The molecule has 4 N–H and O–H groups in total. The Morgan fingerprint density at radius 3 is 2.68 bits per heavy atom. The summed E-state index contributed by atoms with van der Waals surface area (Å²) < 4.78 is 11.9. The summed E-state index contributed by atoms with van der Waals surface area (Å²) in [5, 5.41) is 24.0. The first kappa shape index (κ1) is 30.8. The number of rotatable bonds is 12. The third kappa shape index (κ3) is 8.41. The zero-order chi connectivity index (χ0) is 29.4. The highest BCUT2D eigenvalue weighted by atomic mass is 35.5. The average Bonchev–Trinajstić information content (AvgIpc) is 2.94. The van der Waals surface area contributed by atoms with E-state index in [9.17, 15) is 10.1 Å². The van der Waals surface area contributed by atoms with Crippen LogP contribution in [0.25, 0.3) is 0 Å². The Balaban J connectivity index is 1.51. The molecule has 222 valence electrons. The van der Waals surface area contributed by atoms with E-state index in [1.165, 1.54) is 6.42 Å². The summed E-state index contributed by atoms with van der Waals surface area (Å²) >= 11 is 6.63. The summed E-state index contributed by atoms with van der Waals surface area (Å²) in [6.45, 7) is 7.53. The smallest absolute Gasteiger partial charge is 0.224 e. The molecule has 41 heavy (non-hydrogen) atoms. The molecule has 0 aromatic heterocycles. The first-order valence-corrected chi connectivity index (χ1v) is 15.0. The average molecular weight is 583 g/mol. The second-order valence-corrected chi connectivity index (χ2v) is 11.7. The largest absolute Gasteiger partial charge is 0.492 e. The molecule has 10 heteroatoms. The maximum atomic E-state index is 12.8. The fraction of sp³-hybridized carbons (Fsp3) is 0.548. The van der Waals surface area contributed by atoms with Gasteiger partial charge < -0.3 is 35.6 Å². The molecule has 0 saturated carbocycles. The first-order valence-electron chi connectivity index (χ1n) is 14.6. The number of fused-ring (bicyclic) bond motifs is 1. The lowest BCUT2D eigenvalue weighted by Gasteiger charge is -2.33. The summed E-state index contributed by atoms with van der Waals surface area (Å²) in [4.78, 5) is 14.8. The maximum absolute atomic E-state index is 12.8. The minimum Gasteiger partial charge on any atom is -0.492 e. The molecule has 1 amide bonds. The van der Waals surface area contributed by atoms with Gasteiger partial charge in [-0.3, -0.25) is 4.79 Å². The van der Waals surface area contributed by atoms with E-state index in [1.807, 2.05) is 51.4 Å². The van der Waals surface area contributed by atoms with Crippen LogP contribution in [-0.2, 0) is 4.79 Å². The van der Waals surface area contributed by atoms with Crippen LogP contribution in [-0.4, -0.2) is 63.8 Å². The van der Waals surface area contributed by atoms with Crippen LogP contribution < -0.4 is 30.7 Å². The lowest BCUT2D eigenvalue weighted by atomic mass is 9.88. The molecule has 0 bridgehead atoms. The van der Waals surface area contributed by atoms with Crippen molar-refractivity contribution in [2.75, 3.05) is 62.9 Å². The fourth-order valence-electron chi connectivity index (χ4n) is 5.28. The summed E-state index contributed by atoms with van der Waals surface area (Å²) in [6, 6.07) is 11.9. The lowest BCUT2D eigenvalue weighted by molar-refractivity contribution is -0.116. The number of ether oxygens (including phenoxy) is 2. The Bertz CT molecular complexity index is 1230. The number of hydrogen-bond donors (Lipinski definition) is 4. The quantitative estimate of drug-likeness (QED) is 0.259. The zero-order valence-electron chi connectivity index (χ0n) is 24.6. The molecule has 1 fully saturated rings. The molecule has 9 nitrogen and oxygen atoms in total. The van der Waals surface area contributed by atoms with E-state index in [0.717, 1.165) is 42.9 Å². The van der Waals surface area contributed by atoms with Crippen LogP contribution in [0.15, 0.2) is 30.3 Å². The standard InChI is InChI=1S/C31H43ClN6O3/c1-5-40-29-15-26-24(14-27(29)37-30(39)7-6-12-38(3)4)31(21(16-33)18-35-26)36-22-10-11-28(25(32)13-22)41-19-23-9-8-20(2)17-34-23/h10-11,13-15,20-21,23,31,34-36H,5-9,12,17-19H2,1-4H3,(H,37,39). The van der Waals surface area contributed by atoms with Crippen molar-refractivity contribution >= 4 is 34.6 Å². The first-order chi connectivity index (χ1) is 19.8. The Hall–Kier alpha value is -3.19. The number of nitriles is 1. The van der Waals surface area contributed by atoms with E-state index in [0.29, 0.717) is 60.3 Å². The Kier molecular flexibility index (Phi) is 11.0. The van der Waals surface area contributed by atoms with Gasteiger partial charge in [0.1, 0.15) is 18.1 Å². The highest BCUT2D eigenvalue weighted by Gasteiger charge is 2.31. The molecule has 4 rings (SSSR count). The number of nitrogens with zero attached hydrogens (tertiary/aromatic N) is 2. The van der Waals surface area contributed by atoms with E-state index in [4.69, 9.17) is 21.1 Å². The van der Waals surface area contributed by atoms with Gasteiger partial charge in [-0.1, -0.05) is 18.5 Å². The molecule has 4 atom stereocenters. The third-order valence-corrected chi connectivity index (χ3v) is 7.90. The van der Waals surface area contributed by atoms with Gasteiger partial charge in [0.15, 0.2) is 0 Å². The predicted octanol–water partition coefficient (Wildman–Crippen LogP) is 5.50. The highest BCUT2D eigenvalue weighted by Crippen LogP contribution is 2.42. The van der Waals surface area contributed by atoms with Crippen molar-refractivity contribution in [3.05, 3.63) is 40.9 Å². The summed E-state index contributed by atoms with van der Waals surface area (Å²) in [7, 11) is 3.98. The minimum atomic E-state index is -0.349. The molecule has 0 spiro atoms. The van der Waals surface area contributed by atoms with Gasteiger partial charge in [0.25, 0.3) is 0 Å². The fourth-order valence-corrected chi connectivity index (χ4v) is 5.51. The van der Waals surface area contributed by atoms with Gasteiger partial charge in [0.2, 0.25) is 5.91 Å². The molecule has 2 aliphatic heterocycles. The molecular formula is C31H43ClN6O3. The zero-order valence-corrected chi connectivity index (χ0v) is 25.3. The monoisotopic (exact) mass is 582 g/mol. The van der Waals surface area contributed by atoms with Gasteiger partial charge in [-0.05, 0) is 83.6 Å². The Labute approximate surface area is 248 Å². The number of carbonyl (C=O) groups is 1. The number of hydrogen-bond acceptors (Lipinski definition) is 8. The second kappa shape index (κ2) is 14.6. The number of anilines is 3. The van der Waals surface area contributed by atoms with E-state index in [2.05, 4.69) is 39.2 Å². The van der Waals surface area contributed by atoms with Crippen LogP contribution in [0.3, 0.4) is 0 Å². The minimum absolute atomic E-state index is 0.0711. The van der Waals surface area contributed by atoms with Crippen molar-refractivity contribution in [3.63, 3.8) is 0 Å². The molecule has 2 heterocycles. The topological polar surface area (TPSA) is 111 Å². The normalized spacial score (nSPS) is 21.8. The van der Waals surface area contributed by atoms with Gasteiger partial charge in [-0.25, -0.2) is 0 Å². The van der Waals surface area contributed by atoms with Gasteiger partial charge in [0.05, 0.1) is 35.3 Å². The van der Waals surface area contributed by atoms with Gasteiger partial charge in [0, 0.05) is 42.0 Å². The number of halogens is 1. The number of piperidine rings is 1. The van der Waals surface area contributed by atoms with Crippen LogP contribution >= 0.6 is 11.6 Å². The van der Waals surface area contributed by atoms with E-state index in [-0.39, 0.29) is 17.9 Å². The van der Waals surface area contributed by atoms with Crippen molar-refractivity contribution < 1.29 is 14.3 Å². The molecule has 2 aromatic carbocycles. The lowest BCUT2D eigenvalue weighted by Crippen LogP contribution is -2.41. The molecule has 1 saturated heterocycles. The number of nitrogens with one attached hydrogen (secondary N) is 4. The van der Waals surface area contributed by atoms with E-state index >= 15 is 0 Å². The highest BCUT2D eigenvalue weighted by molar-refractivity contribution is 6.32. The molecule has 4 unspecified atom stereocenters. The maximum Gasteiger partial charge on any atom is 0.224 e. The van der Waals surface area contributed by atoms with E-state index < -0.39 is 0 Å². The molecule has 2 aliphatic rings. The van der Waals surface area contributed by atoms with Crippen molar-refractivity contribution in [2.45, 2.75) is 51.6 Å². The van der Waals surface area contributed by atoms with Crippen LogP contribution in [0, 0.1) is 23.2 Å². The van der Waals surface area contributed by atoms with Crippen molar-refractivity contribution in [1.29, 1.82) is 5.26 Å². The van der Waals surface area contributed by atoms with Crippen LogP contribution in [0.4, 0.5) is 17.1 Å². The summed E-state index contributed by atoms with van der Waals surface area (Å²) in [6.07, 6.45) is 3.45.